The zero-order chi connectivity index (χ0) is 21.1. The maximum absolute atomic E-state index is 11.5. The number of para-hydroxylation sites is 2. The Morgan fingerprint density at radius 1 is 1.00 bits per heavy atom. The monoisotopic (exact) mass is 457 g/mol. The highest BCUT2D eigenvalue weighted by molar-refractivity contribution is 7.98. The molecule has 8 heteroatoms. The molecule has 4 rings (SSSR count). The summed E-state index contributed by atoms with van der Waals surface area (Å²) in [7, 11) is 0. The first-order valence-electron chi connectivity index (χ1n) is 9.10. The lowest BCUT2D eigenvalue weighted by Gasteiger charge is -2.10. The molecule has 0 aliphatic carbocycles. The first-order chi connectivity index (χ1) is 14.5. The van der Waals surface area contributed by atoms with Gasteiger partial charge in [-0.2, -0.15) is 0 Å². The lowest BCUT2D eigenvalue weighted by Crippen LogP contribution is -2.18. The number of nitrogens with zero attached hydrogens (tertiary/aromatic N) is 2. The minimum absolute atomic E-state index is 0.401. The number of thioether (sulfide) groups is 1. The lowest BCUT2D eigenvalue weighted by molar-refractivity contribution is 0.0706. The highest BCUT2D eigenvalue weighted by Gasteiger charge is 2.13. The molecule has 0 atom stereocenters. The number of nitrogens with one attached hydrogen (secondary N) is 1. The quantitative estimate of drug-likeness (QED) is 0.218. The average molecular weight is 458 g/mol. The predicted molar refractivity (Wildman–Crippen MR) is 121 cm³/mol. The van der Waals surface area contributed by atoms with Crippen molar-refractivity contribution in [3.8, 4) is 0 Å². The van der Waals surface area contributed by atoms with Gasteiger partial charge in [-0.05, 0) is 47.5 Å². The number of halogens is 2. The molecule has 0 spiro atoms. The number of hydroxylamine groups is 1. The van der Waals surface area contributed by atoms with Crippen molar-refractivity contribution in [3.05, 3.63) is 93.5 Å². The molecule has 1 aromatic heterocycles. The van der Waals surface area contributed by atoms with E-state index in [0.717, 1.165) is 27.3 Å². The number of carbonyl (C=O) groups excluding carboxylic acids is 1. The molecule has 0 aliphatic heterocycles. The van der Waals surface area contributed by atoms with Gasteiger partial charge >= 0.3 is 0 Å². The topological polar surface area (TPSA) is 67.2 Å². The van der Waals surface area contributed by atoms with Crippen LogP contribution in [0, 0.1) is 0 Å². The van der Waals surface area contributed by atoms with Gasteiger partial charge in [-0.25, -0.2) is 10.5 Å². The van der Waals surface area contributed by atoms with E-state index >= 15 is 0 Å². The van der Waals surface area contributed by atoms with Crippen molar-refractivity contribution in [2.24, 2.45) is 0 Å². The Morgan fingerprint density at radius 2 is 1.73 bits per heavy atom. The predicted octanol–water partition coefficient (Wildman–Crippen LogP) is 5.80. The molecule has 0 saturated carbocycles. The van der Waals surface area contributed by atoms with Crippen LogP contribution in [0.5, 0.6) is 0 Å². The van der Waals surface area contributed by atoms with Crippen molar-refractivity contribution in [2.75, 3.05) is 0 Å². The largest absolute Gasteiger partial charge is 0.314 e. The standard InChI is InChI=1S/C22H17Cl2N3O2S/c23-17-10-7-15(11-18(17)24)12-27-20-4-2-1-3-19(20)25-22(27)30-13-14-5-8-16(9-6-14)21(28)26-29/h1-11,29H,12-13H2,(H,26,28). The van der Waals surface area contributed by atoms with Gasteiger partial charge in [0.2, 0.25) is 0 Å². The minimum atomic E-state index is -0.530. The van der Waals surface area contributed by atoms with Crippen molar-refractivity contribution in [1.82, 2.24) is 15.0 Å². The van der Waals surface area contributed by atoms with Gasteiger partial charge in [0, 0.05) is 11.3 Å². The van der Waals surface area contributed by atoms with Crippen molar-refractivity contribution in [1.29, 1.82) is 0 Å². The molecule has 0 unspecified atom stereocenters. The van der Waals surface area contributed by atoms with E-state index in [-0.39, 0.29) is 0 Å². The van der Waals surface area contributed by atoms with Crippen molar-refractivity contribution in [2.45, 2.75) is 17.5 Å². The van der Waals surface area contributed by atoms with Gasteiger partial charge in [0.15, 0.2) is 5.16 Å². The lowest BCUT2D eigenvalue weighted by atomic mass is 10.1. The van der Waals surface area contributed by atoms with Gasteiger partial charge in [-0.3, -0.25) is 10.0 Å². The molecule has 1 amide bonds. The van der Waals surface area contributed by atoms with Crippen LogP contribution in [0.2, 0.25) is 10.0 Å². The fourth-order valence-electron chi connectivity index (χ4n) is 3.10. The number of hydrogen-bond acceptors (Lipinski definition) is 4. The average Bonchev–Trinajstić information content (AvgIpc) is 3.12. The Bertz CT molecular complexity index is 1210. The number of benzene rings is 3. The summed E-state index contributed by atoms with van der Waals surface area (Å²) in [6, 6.07) is 20.7. The van der Waals surface area contributed by atoms with Gasteiger partial charge in [-0.15, -0.1) is 0 Å². The third-order valence-corrected chi connectivity index (χ3v) is 6.42. The fraction of sp³-hybridized carbons (Fsp3) is 0.0909. The fourth-order valence-corrected chi connectivity index (χ4v) is 4.39. The Kier molecular flexibility index (Phi) is 6.29. The third kappa shape index (κ3) is 4.47. The Labute approximate surface area is 187 Å². The molecule has 2 N–H and O–H groups in total. The van der Waals surface area contributed by atoms with Gasteiger partial charge in [0.25, 0.3) is 5.91 Å². The number of aromatic nitrogens is 2. The van der Waals surface area contributed by atoms with Gasteiger partial charge in [0.1, 0.15) is 0 Å². The van der Waals surface area contributed by atoms with E-state index in [0.29, 0.717) is 27.9 Å². The van der Waals surface area contributed by atoms with Crippen LogP contribution in [0.1, 0.15) is 21.5 Å². The van der Waals surface area contributed by atoms with Gasteiger partial charge in [0.05, 0.1) is 27.6 Å². The zero-order valence-electron chi connectivity index (χ0n) is 15.7. The number of carbonyl (C=O) groups is 1. The zero-order valence-corrected chi connectivity index (χ0v) is 18.0. The molecular weight excluding hydrogens is 441 g/mol. The number of amides is 1. The normalized spacial score (nSPS) is 11.0. The minimum Gasteiger partial charge on any atom is -0.314 e. The highest BCUT2D eigenvalue weighted by atomic mass is 35.5. The van der Waals surface area contributed by atoms with E-state index in [1.165, 1.54) is 0 Å². The number of rotatable bonds is 6. The van der Waals surface area contributed by atoms with Crippen molar-refractivity contribution in [3.63, 3.8) is 0 Å². The Hall–Kier alpha value is -2.51. The van der Waals surface area contributed by atoms with Crippen LogP contribution >= 0.6 is 35.0 Å². The van der Waals surface area contributed by atoms with E-state index in [9.17, 15) is 4.79 Å². The second-order valence-electron chi connectivity index (χ2n) is 6.64. The van der Waals surface area contributed by atoms with Crippen LogP contribution in [0.4, 0.5) is 0 Å². The van der Waals surface area contributed by atoms with Gasteiger partial charge in [-0.1, -0.05) is 65.3 Å². The first-order valence-corrected chi connectivity index (χ1v) is 10.8. The highest BCUT2D eigenvalue weighted by Crippen LogP contribution is 2.29. The SMILES string of the molecule is O=C(NO)c1ccc(CSc2nc3ccccc3n2Cc2ccc(Cl)c(Cl)c2)cc1. The summed E-state index contributed by atoms with van der Waals surface area (Å²) < 4.78 is 2.16. The maximum atomic E-state index is 11.5. The maximum Gasteiger partial charge on any atom is 0.274 e. The van der Waals surface area contributed by atoms with E-state index in [2.05, 4.69) is 4.57 Å². The Morgan fingerprint density at radius 3 is 2.47 bits per heavy atom. The van der Waals surface area contributed by atoms with Crippen LogP contribution in [-0.4, -0.2) is 20.7 Å². The Balaban J connectivity index is 1.59. The molecule has 4 aromatic rings. The summed E-state index contributed by atoms with van der Waals surface area (Å²) in [6.45, 7) is 0.620. The molecule has 5 nitrogen and oxygen atoms in total. The molecule has 0 bridgehead atoms. The summed E-state index contributed by atoms with van der Waals surface area (Å²) in [6.07, 6.45) is 0. The van der Waals surface area contributed by atoms with Crippen LogP contribution in [0.15, 0.2) is 71.9 Å². The molecule has 152 valence electrons. The molecular formula is C22H17Cl2N3O2S. The second kappa shape index (κ2) is 9.10. The molecule has 3 aromatic carbocycles. The van der Waals surface area contributed by atoms with E-state index < -0.39 is 5.91 Å². The number of imidazole rings is 1. The number of hydrogen-bond donors (Lipinski definition) is 2. The summed E-state index contributed by atoms with van der Waals surface area (Å²) in [5.74, 6) is 0.156. The molecule has 1 heterocycles. The summed E-state index contributed by atoms with van der Waals surface area (Å²) >= 11 is 13.9. The van der Waals surface area contributed by atoms with Crippen molar-refractivity contribution < 1.29 is 10.0 Å². The first kappa shape index (κ1) is 20.8. The summed E-state index contributed by atoms with van der Waals surface area (Å²) in [5.41, 5.74) is 6.09. The van der Waals surface area contributed by atoms with E-state index in [4.69, 9.17) is 33.4 Å². The van der Waals surface area contributed by atoms with Crippen LogP contribution in [0.25, 0.3) is 11.0 Å². The molecule has 0 aliphatic rings. The van der Waals surface area contributed by atoms with Crippen molar-refractivity contribution >= 4 is 51.9 Å². The van der Waals surface area contributed by atoms with Crippen LogP contribution in [-0.2, 0) is 12.3 Å². The number of fused-ring (bicyclic) bond motifs is 1. The second-order valence-corrected chi connectivity index (χ2v) is 8.40. The van der Waals surface area contributed by atoms with Crippen LogP contribution in [0.3, 0.4) is 0 Å². The summed E-state index contributed by atoms with van der Waals surface area (Å²) in [5, 5.41) is 10.7. The van der Waals surface area contributed by atoms with Crippen LogP contribution < -0.4 is 5.48 Å². The third-order valence-electron chi connectivity index (χ3n) is 4.63. The molecule has 0 radical (unpaired) electrons. The molecule has 0 fully saturated rings. The molecule has 30 heavy (non-hydrogen) atoms. The smallest absolute Gasteiger partial charge is 0.274 e. The van der Waals surface area contributed by atoms with E-state index in [1.807, 2.05) is 48.5 Å². The van der Waals surface area contributed by atoms with Gasteiger partial charge < -0.3 is 4.57 Å². The molecule has 0 saturated heterocycles. The summed E-state index contributed by atoms with van der Waals surface area (Å²) in [4.78, 5) is 16.3. The van der Waals surface area contributed by atoms with E-state index in [1.54, 1.807) is 35.4 Å².